The van der Waals surface area contributed by atoms with E-state index in [1.54, 1.807) is 30.5 Å². The maximum absolute atomic E-state index is 12.5. The Balaban J connectivity index is 2.07. The second-order valence-electron chi connectivity index (χ2n) is 5.53. The molecule has 0 saturated carbocycles. The van der Waals surface area contributed by atoms with E-state index in [4.69, 9.17) is 10.2 Å². The number of likely N-dealkylation sites (N-methyl/N-ethyl adjacent to an activating group) is 1. The first-order valence-corrected chi connectivity index (χ1v) is 8.27. The summed E-state index contributed by atoms with van der Waals surface area (Å²) in [7, 11) is 0. The fourth-order valence-electron chi connectivity index (χ4n) is 2.73. The number of furan rings is 1. The third kappa shape index (κ3) is 5.09. The predicted molar refractivity (Wildman–Crippen MR) is 96.4 cm³/mol. The van der Waals surface area contributed by atoms with Gasteiger partial charge in [-0.15, -0.1) is 0 Å². The normalized spacial score (nSPS) is 12.0. The van der Waals surface area contributed by atoms with E-state index < -0.39 is 6.03 Å². The van der Waals surface area contributed by atoms with E-state index >= 15 is 0 Å². The van der Waals surface area contributed by atoms with Crippen LogP contribution in [0.1, 0.15) is 36.0 Å². The average molecular weight is 344 g/mol. The van der Waals surface area contributed by atoms with Crippen molar-refractivity contribution in [1.82, 2.24) is 10.2 Å². The molecule has 7 heteroatoms. The van der Waals surface area contributed by atoms with Gasteiger partial charge in [-0.1, -0.05) is 19.9 Å². The highest BCUT2D eigenvalue weighted by Crippen LogP contribution is 2.20. The molecule has 0 aliphatic rings. The number of nitrogens with one attached hydrogen (secondary N) is 2. The first-order chi connectivity index (χ1) is 12.0. The van der Waals surface area contributed by atoms with Gasteiger partial charge in [-0.2, -0.15) is 0 Å². The van der Waals surface area contributed by atoms with Crippen molar-refractivity contribution in [3.8, 4) is 0 Å². The highest BCUT2D eigenvalue weighted by molar-refractivity contribution is 5.96. The number of rotatable bonds is 8. The van der Waals surface area contributed by atoms with Gasteiger partial charge in [0.2, 0.25) is 0 Å². The molecular formula is C18H24N4O3. The van der Waals surface area contributed by atoms with E-state index in [-0.39, 0.29) is 11.9 Å². The molecule has 0 saturated heterocycles. The smallest absolute Gasteiger partial charge is 0.316 e. The third-order valence-corrected chi connectivity index (χ3v) is 3.97. The van der Waals surface area contributed by atoms with Crippen LogP contribution in [0.2, 0.25) is 0 Å². The minimum atomic E-state index is -0.669. The SMILES string of the molecule is CCN(CC)[C@H](CNC(=O)c1cccc(NC(N)=O)c1)c1ccco1. The number of nitrogens with two attached hydrogens (primary N) is 1. The number of hydrogen-bond donors (Lipinski definition) is 3. The molecule has 2 rings (SSSR count). The van der Waals surface area contributed by atoms with Gasteiger partial charge in [0.15, 0.2) is 0 Å². The molecule has 1 aromatic carbocycles. The van der Waals surface area contributed by atoms with Crippen LogP contribution in [0, 0.1) is 0 Å². The molecule has 0 bridgehead atoms. The zero-order chi connectivity index (χ0) is 18.2. The van der Waals surface area contributed by atoms with Crippen LogP contribution in [0.5, 0.6) is 0 Å². The monoisotopic (exact) mass is 344 g/mol. The number of urea groups is 1. The molecule has 2 aromatic rings. The lowest BCUT2D eigenvalue weighted by atomic mass is 10.1. The molecule has 7 nitrogen and oxygen atoms in total. The Labute approximate surface area is 147 Å². The fourth-order valence-corrected chi connectivity index (χ4v) is 2.73. The average Bonchev–Trinajstić information content (AvgIpc) is 3.12. The van der Waals surface area contributed by atoms with Crippen LogP contribution < -0.4 is 16.4 Å². The van der Waals surface area contributed by atoms with Crippen LogP contribution in [0.4, 0.5) is 10.5 Å². The number of anilines is 1. The molecule has 3 amide bonds. The summed E-state index contributed by atoms with van der Waals surface area (Å²) in [5.41, 5.74) is 6.03. The van der Waals surface area contributed by atoms with E-state index in [1.165, 1.54) is 0 Å². The first-order valence-electron chi connectivity index (χ1n) is 8.27. The summed E-state index contributed by atoms with van der Waals surface area (Å²) in [5.74, 6) is 0.588. The Hall–Kier alpha value is -2.80. The van der Waals surface area contributed by atoms with Crippen molar-refractivity contribution in [2.75, 3.05) is 25.0 Å². The topological polar surface area (TPSA) is 101 Å². The maximum Gasteiger partial charge on any atom is 0.316 e. The van der Waals surface area contributed by atoms with Gasteiger partial charge in [0.25, 0.3) is 5.91 Å². The van der Waals surface area contributed by atoms with Gasteiger partial charge in [-0.3, -0.25) is 9.69 Å². The minimum absolute atomic E-state index is 0.0409. The van der Waals surface area contributed by atoms with Gasteiger partial charge in [0, 0.05) is 17.8 Å². The molecule has 1 aromatic heterocycles. The van der Waals surface area contributed by atoms with E-state index in [2.05, 4.69) is 29.4 Å². The first kappa shape index (κ1) is 18.5. The largest absolute Gasteiger partial charge is 0.468 e. The van der Waals surface area contributed by atoms with Crippen LogP contribution in [-0.2, 0) is 0 Å². The van der Waals surface area contributed by atoms with Gasteiger partial charge in [-0.25, -0.2) is 4.79 Å². The Morgan fingerprint density at radius 3 is 2.56 bits per heavy atom. The van der Waals surface area contributed by atoms with Crippen molar-refractivity contribution >= 4 is 17.6 Å². The summed E-state index contributed by atoms with van der Waals surface area (Å²) in [5, 5.41) is 5.39. The highest BCUT2D eigenvalue weighted by Gasteiger charge is 2.21. The Bertz CT molecular complexity index is 696. The number of carbonyl (C=O) groups excluding carboxylic acids is 2. The number of benzene rings is 1. The van der Waals surface area contributed by atoms with Gasteiger partial charge in [-0.05, 0) is 43.4 Å². The Kier molecular flexibility index (Phi) is 6.59. The molecule has 0 aliphatic carbocycles. The molecule has 134 valence electrons. The van der Waals surface area contributed by atoms with Crippen molar-refractivity contribution in [1.29, 1.82) is 0 Å². The summed E-state index contributed by atoms with van der Waals surface area (Å²) in [6.45, 7) is 6.24. The predicted octanol–water partition coefficient (Wildman–Crippen LogP) is 2.58. The van der Waals surface area contributed by atoms with Crippen molar-refractivity contribution in [3.05, 3.63) is 54.0 Å². The molecule has 1 atom stereocenters. The molecule has 0 aliphatic heterocycles. The lowest BCUT2D eigenvalue weighted by Gasteiger charge is -2.28. The van der Waals surface area contributed by atoms with Crippen LogP contribution in [0.25, 0.3) is 0 Å². The van der Waals surface area contributed by atoms with Crippen molar-refractivity contribution in [3.63, 3.8) is 0 Å². The lowest BCUT2D eigenvalue weighted by Crippen LogP contribution is -2.38. The summed E-state index contributed by atoms with van der Waals surface area (Å²) in [6, 6.07) is 9.66. The van der Waals surface area contributed by atoms with Crippen LogP contribution >= 0.6 is 0 Å². The van der Waals surface area contributed by atoms with Gasteiger partial charge in [0.05, 0.1) is 12.3 Å². The summed E-state index contributed by atoms with van der Waals surface area (Å²) < 4.78 is 5.53. The number of carbonyl (C=O) groups is 2. The van der Waals surface area contributed by atoms with Crippen LogP contribution in [-0.4, -0.2) is 36.5 Å². The molecular weight excluding hydrogens is 320 g/mol. The van der Waals surface area contributed by atoms with Crippen molar-refractivity contribution in [2.24, 2.45) is 5.73 Å². The molecule has 0 radical (unpaired) electrons. The summed E-state index contributed by atoms with van der Waals surface area (Å²) in [6.07, 6.45) is 1.63. The van der Waals surface area contributed by atoms with E-state index in [9.17, 15) is 9.59 Å². The fraction of sp³-hybridized carbons (Fsp3) is 0.333. The molecule has 1 heterocycles. The quantitative estimate of drug-likeness (QED) is 0.685. The lowest BCUT2D eigenvalue weighted by molar-refractivity contribution is 0.0929. The highest BCUT2D eigenvalue weighted by atomic mass is 16.3. The third-order valence-electron chi connectivity index (χ3n) is 3.97. The molecule has 25 heavy (non-hydrogen) atoms. The number of hydrogen-bond acceptors (Lipinski definition) is 4. The minimum Gasteiger partial charge on any atom is -0.468 e. The van der Waals surface area contributed by atoms with Gasteiger partial charge in [0.1, 0.15) is 5.76 Å². The van der Waals surface area contributed by atoms with Crippen LogP contribution in [0.3, 0.4) is 0 Å². The number of amides is 3. The van der Waals surface area contributed by atoms with E-state index in [0.717, 1.165) is 18.8 Å². The zero-order valence-electron chi connectivity index (χ0n) is 14.5. The number of primary amides is 1. The molecule has 0 unspecified atom stereocenters. The summed E-state index contributed by atoms with van der Waals surface area (Å²) >= 11 is 0. The molecule has 4 N–H and O–H groups in total. The van der Waals surface area contributed by atoms with Crippen molar-refractivity contribution < 1.29 is 14.0 Å². The Morgan fingerprint density at radius 1 is 1.20 bits per heavy atom. The van der Waals surface area contributed by atoms with E-state index in [0.29, 0.717) is 17.8 Å². The molecule has 0 fully saturated rings. The molecule has 0 spiro atoms. The van der Waals surface area contributed by atoms with Crippen LogP contribution in [0.15, 0.2) is 47.1 Å². The standard InChI is InChI=1S/C18H24N4O3/c1-3-22(4-2)15(16-9-6-10-25-16)12-20-17(23)13-7-5-8-14(11-13)21-18(19)24/h5-11,15H,3-4,12H2,1-2H3,(H,20,23)(H3,19,21,24)/t15-/m1/s1. The zero-order valence-corrected chi connectivity index (χ0v) is 14.5. The summed E-state index contributed by atoms with van der Waals surface area (Å²) in [4.78, 5) is 25.6. The van der Waals surface area contributed by atoms with E-state index in [1.807, 2.05) is 12.1 Å². The number of nitrogens with zero attached hydrogens (tertiary/aromatic N) is 1. The second-order valence-corrected chi connectivity index (χ2v) is 5.53. The van der Waals surface area contributed by atoms with Gasteiger partial charge >= 0.3 is 6.03 Å². The van der Waals surface area contributed by atoms with Gasteiger partial charge < -0.3 is 20.8 Å². The second kappa shape index (κ2) is 8.89. The Morgan fingerprint density at radius 2 is 1.96 bits per heavy atom. The van der Waals surface area contributed by atoms with Crippen molar-refractivity contribution in [2.45, 2.75) is 19.9 Å². The maximum atomic E-state index is 12.5.